The standard InChI is InChI=1S/C15H12BO.C2H6.CH4O.W/c1-12(17)11-13-7-5-6-10-15(13)16-14-8-3-2-4-9-14;2*1-2;/h2-10H,1H3;1-2H3;2H,1H3;. The second kappa shape index (κ2) is 12.3. The van der Waals surface area contributed by atoms with E-state index in [2.05, 4.69) is 19.4 Å². The fourth-order valence-corrected chi connectivity index (χ4v) is 2.42. The maximum atomic E-state index is 11.5. The smallest absolute Gasteiger partial charge is 0.0319 e. The molecule has 2 nitrogen and oxygen atoms in total. The minimum absolute atomic E-state index is 0.152. The Kier molecular flexibility index (Phi) is 11.5. The summed E-state index contributed by atoms with van der Waals surface area (Å²) in [5.41, 5.74) is 3.30. The van der Waals surface area contributed by atoms with Crippen LogP contribution in [0.5, 0.6) is 0 Å². The van der Waals surface area contributed by atoms with Gasteiger partial charge in [-0.3, -0.25) is 0 Å². The van der Waals surface area contributed by atoms with Gasteiger partial charge in [-0.25, -0.2) is 0 Å². The van der Waals surface area contributed by atoms with Crippen molar-refractivity contribution >= 4 is 27.9 Å². The maximum absolute atomic E-state index is 11.5. The molecule has 22 heavy (non-hydrogen) atoms. The van der Waals surface area contributed by atoms with Crippen LogP contribution in [0.25, 0.3) is 0 Å². The molecular weight excluding hydrogens is 443 g/mol. The monoisotopic (exact) mass is 465 g/mol. The normalized spacial score (nSPS) is 8.59. The average molecular weight is 465 g/mol. The Morgan fingerprint density at radius 3 is 2.00 bits per heavy atom. The van der Waals surface area contributed by atoms with Crippen LogP contribution in [0.3, 0.4) is 0 Å². The van der Waals surface area contributed by atoms with Crippen molar-refractivity contribution in [3.05, 3.63) is 60.2 Å². The molecule has 2 rings (SSSR count). The SMILES string of the molecule is CC.CC(=O)[C](=[W])c1ccccc1[B]c1ccccc1.CO. The Morgan fingerprint density at radius 2 is 1.45 bits per heavy atom. The van der Waals surface area contributed by atoms with Gasteiger partial charge >= 0.3 is 119 Å². The molecule has 0 bridgehead atoms. The second-order valence-electron chi connectivity index (χ2n) is 4.03. The molecular formula is C18H22BO2W. The summed E-state index contributed by atoms with van der Waals surface area (Å²) in [6.07, 6.45) is 0. The number of carbonyl (C=O) groups excluding carboxylic acids is 1. The average Bonchev–Trinajstić information content (AvgIpc) is 2.59. The summed E-state index contributed by atoms with van der Waals surface area (Å²) in [6.45, 7) is 5.63. The predicted octanol–water partition coefficient (Wildman–Crippen LogP) is 1.63. The third-order valence-electron chi connectivity index (χ3n) is 2.65. The minimum atomic E-state index is 0.152. The molecule has 0 unspecified atom stereocenters. The molecule has 0 atom stereocenters. The molecule has 0 aliphatic carbocycles. The first-order valence-corrected chi connectivity index (χ1v) is 8.64. The third kappa shape index (κ3) is 6.64. The van der Waals surface area contributed by atoms with E-state index in [0.717, 1.165) is 27.5 Å². The molecule has 0 fully saturated rings. The van der Waals surface area contributed by atoms with Crippen molar-refractivity contribution in [1.82, 2.24) is 0 Å². The molecule has 0 aliphatic rings. The first-order valence-electron chi connectivity index (χ1n) is 7.17. The van der Waals surface area contributed by atoms with E-state index in [1.165, 1.54) is 19.4 Å². The number of carbonyl (C=O) groups is 1. The van der Waals surface area contributed by atoms with Gasteiger partial charge in [-0.1, -0.05) is 13.8 Å². The van der Waals surface area contributed by atoms with Crippen molar-refractivity contribution in [2.45, 2.75) is 20.8 Å². The number of hydrogen-bond acceptors (Lipinski definition) is 2. The summed E-state index contributed by atoms with van der Waals surface area (Å²) in [5.74, 6) is 0.152. The number of aliphatic hydroxyl groups excluding tert-OH is 1. The van der Waals surface area contributed by atoms with E-state index in [-0.39, 0.29) is 5.78 Å². The van der Waals surface area contributed by atoms with E-state index in [0.29, 0.717) is 0 Å². The van der Waals surface area contributed by atoms with Crippen molar-refractivity contribution in [2.24, 2.45) is 0 Å². The first-order chi connectivity index (χ1) is 10.7. The summed E-state index contributed by atoms with van der Waals surface area (Å²) < 4.78 is 0.887. The van der Waals surface area contributed by atoms with Crippen molar-refractivity contribution in [1.29, 1.82) is 0 Å². The Labute approximate surface area is 145 Å². The first kappa shape index (κ1) is 20.7. The Bertz CT molecular complexity index is 583. The van der Waals surface area contributed by atoms with Crippen LogP contribution in [0.2, 0.25) is 0 Å². The summed E-state index contributed by atoms with van der Waals surface area (Å²) in [5, 5.41) is 7.00. The zero-order valence-corrected chi connectivity index (χ0v) is 16.5. The molecule has 0 heterocycles. The number of Topliss-reactive ketones (excluding diaryl/α,β-unsaturated/α-hetero) is 1. The number of hydrogen-bond donors (Lipinski definition) is 1. The molecule has 1 N–H and O–H groups in total. The molecule has 0 amide bonds. The molecule has 0 spiro atoms. The zero-order valence-electron chi connectivity index (χ0n) is 13.5. The Morgan fingerprint density at radius 1 is 0.955 bits per heavy atom. The van der Waals surface area contributed by atoms with Crippen LogP contribution in [0, 0.1) is 0 Å². The van der Waals surface area contributed by atoms with Crippen molar-refractivity contribution in [2.75, 3.05) is 7.11 Å². The van der Waals surface area contributed by atoms with Gasteiger partial charge in [0, 0.05) is 7.11 Å². The number of benzene rings is 2. The molecule has 0 saturated carbocycles. The van der Waals surface area contributed by atoms with E-state index in [4.69, 9.17) is 5.11 Å². The van der Waals surface area contributed by atoms with Crippen molar-refractivity contribution < 1.29 is 29.3 Å². The molecule has 115 valence electrons. The summed E-state index contributed by atoms with van der Waals surface area (Å²) in [6, 6.07) is 18.2. The molecule has 0 aromatic heterocycles. The molecule has 0 aliphatic heterocycles. The fourth-order valence-electron chi connectivity index (χ4n) is 1.75. The number of ketones is 1. The van der Waals surface area contributed by atoms with Crippen molar-refractivity contribution in [3.8, 4) is 0 Å². The van der Waals surface area contributed by atoms with Gasteiger partial charge in [0.25, 0.3) is 0 Å². The van der Waals surface area contributed by atoms with E-state index < -0.39 is 0 Å². The molecule has 2 aromatic rings. The van der Waals surface area contributed by atoms with Gasteiger partial charge < -0.3 is 5.11 Å². The minimum Gasteiger partial charge on any atom is -0.400 e. The maximum Gasteiger partial charge on any atom is 0.0319 e. The zero-order chi connectivity index (χ0) is 17.0. The summed E-state index contributed by atoms with van der Waals surface area (Å²) in [7, 11) is 3.11. The molecule has 0 saturated heterocycles. The number of aliphatic hydroxyl groups is 1. The van der Waals surface area contributed by atoms with Crippen molar-refractivity contribution in [3.63, 3.8) is 0 Å². The largest absolute Gasteiger partial charge is 0.400 e. The van der Waals surface area contributed by atoms with Crippen LogP contribution >= 0.6 is 0 Å². The Balaban J connectivity index is 0.00000102. The van der Waals surface area contributed by atoms with E-state index in [1.54, 1.807) is 6.92 Å². The predicted molar refractivity (Wildman–Crippen MR) is 92.2 cm³/mol. The topological polar surface area (TPSA) is 37.3 Å². The van der Waals surface area contributed by atoms with Gasteiger partial charge in [0.1, 0.15) is 0 Å². The molecule has 4 heteroatoms. The van der Waals surface area contributed by atoms with Gasteiger partial charge in [-0.05, 0) is 0 Å². The molecule has 2 aromatic carbocycles. The third-order valence-corrected chi connectivity index (χ3v) is 4.47. The summed E-state index contributed by atoms with van der Waals surface area (Å²) in [4.78, 5) is 11.5. The van der Waals surface area contributed by atoms with E-state index >= 15 is 0 Å². The van der Waals surface area contributed by atoms with Gasteiger partial charge in [0.2, 0.25) is 0 Å². The van der Waals surface area contributed by atoms with Crippen LogP contribution in [-0.4, -0.2) is 29.2 Å². The van der Waals surface area contributed by atoms with Crippen LogP contribution in [0.4, 0.5) is 0 Å². The Hall–Kier alpha value is -1.31. The quantitative estimate of drug-likeness (QED) is 0.698. The van der Waals surface area contributed by atoms with Crippen LogP contribution in [0.1, 0.15) is 26.3 Å². The van der Waals surface area contributed by atoms with Gasteiger partial charge in [-0.2, -0.15) is 0 Å². The number of rotatable bonds is 4. The van der Waals surface area contributed by atoms with E-state index in [1.807, 2.05) is 56.3 Å². The molecule has 1 radical (unpaired) electrons. The fraction of sp³-hybridized carbons (Fsp3) is 0.222. The summed E-state index contributed by atoms with van der Waals surface area (Å²) >= 11 is 1.21. The van der Waals surface area contributed by atoms with Crippen LogP contribution in [-0.2, 0) is 24.1 Å². The van der Waals surface area contributed by atoms with Gasteiger partial charge in [0.05, 0.1) is 0 Å². The second-order valence-corrected chi connectivity index (χ2v) is 5.49. The van der Waals surface area contributed by atoms with Crippen LogP contribution < -0.4 is 10.9 Å². The van der Waals surface area contributed by atoms with Crippen LogP contribution in [0.15, 0.2) is 54.6 Å². The van der Waals surface area contributed by atoms with E-state index in [9.17, 15) is 4.79 Å². The van der Waals surface area contributed by atoms with Gasteiger partial charge in [-0.15, -0.1) is 0 Å². The van der Waals surface area contributed by atoms with Gasteiger partial charge in [0.15, 0.2) is 0 Å².